The Labute approximate surface area is 157 Å². The number of halogens is 1. The Balaban J connectivity index is 1.37. The number of hydrogen-bond acceptors (Lipinski definition) is 4. The number of fused-ring (bicyclic) bond motifs is 1. The molecule has 2 aliphatic heterocycles. The molecule has 0 atom stereocenters. The summed E-state index contributed by atoms with van der Waals surface area (Å²) in [5.74, 6) is 0.959. The van der Waals surface area contributed by atoms with Crippen LogP contribution in [-0.4, -0.2) is 55.8 Å². The fraction of sp³-hybridized carbons (Fsp3) is 0.350. The predicted octanol–water partition coefficient (Wildman–Crippen LogP) is 3.09. The van der Waals surface area contributed by atoms with Crippen molar-refractivity contribution in [2.45, 2.75) is 4.90 Å². The monoisotopic (exact) mass is 371 g/mol. The van der Waals surface area contributed by atoms with E-state index in [2.05, 4.69) is 17.0 Å². The molecule has 2 aromatic carbocycles. The van der Waals surface area contributed by atoms with Gasteiger partial charge in [-0.3, -0.25) is 4.79 Å². The number of nitrogens with zero attached hydrogens (tertiary/aromatic N) is 3. The van der Waals surface area contributed by atoms with Gasteiger partial charge in [-0.05, 0) is 24.3 Å². The summed E-state index contributed by atoms with van der Waals surface area (Å²) in [4.78, 5) is 20.1. The van der Waals surface area contributed by atoms with E-state index in [9.17, 15) is 9.18 Å². The van der Waals surface area contributed by atoms with E-state index in [1.165, 1.54) is 11.0 Å². The highest BCUT2D eigenvalue weighted by atomic mass is 32.2. The van der Waals surface area contributed by atoms with Crippen LogP contribution in [0, 0.1) is 5.82 Å². The molecule has 2 aliphatic rings. The normalized spacial score (nSPS) is 17.2. The second-order valence-corrected chi connectivity index (χ2v) is 7.69. The fourth-order valence-electron chi connectivity index (χ4n) is 3.56. The number of carbonyl (C=O) groups excluding carboxylic acids is 1. The number of hydrogen-bond donors (Lipinski definition) is 0. The highest BCUT2D eigenvalue weighted by Gasteiger charge is 2.25. The molecule has 136 valence electrons. The van der Waals surface area contributed by atoms with Gasteiger partial charge in [-0.15, -0.1) is 11.8 Å². The van der Waals surface area contributed by atoms with Crippen LogP contribution in [0.4, 0.5) is 15.8 Å². The molecule has 2 heterocycles. The Kier molecular flexibility index (Phi) is 5.02. The average Bonchev–Trinajstić information content (AvgIpc) is 2.69. The summed E-state index contributed by atoms with van der Waals surface area (Å²) in [6.07, 6.45) is 0. The highest BCUT2D eigenvalue weighted by Crippen LogP contribution is 2.34. The van der Waals surface area contributed by atoms with Gasteiger partial charge in [0.1, 0.15) is 5.82 Å². The second-order valence-electron chi connectivity index (χ2n) is 6.56. The maximum Gasteiger partial charge on any atom is 0.242 e. The van der Waals surface area contributed by atoms with Gasteiger partial charge in [0.25, 0.3) is 0 Å². The van der Waals surface area contributed by atoms with Crippen molar-refractivity contribution in [2.75, 3.05) is 54.8 Å². The molecule has 2 aromatic rings. The van der Waals surface area contributed by atoms with Crippen molar-refractivity contribution in [2.24, 2.45) is 0 Å². The maximum absolute atomic E-state index is 13.9. The first-order valence-corrected chi connectivity index (χ1v) is 9.95. The minimum Gasteiger partial charge on any atom is -0.366 e. The van der Waals surface area contributed by atoms with Crippen LogP contribution in [0.1, 0.15) is 0 Å². The number of anilines is 2. The molecule has 0 N–H and O–H groups in total. The van der Waals surface area contributed by atoms with Crippen LogP contribution in [0.25, 0.3) is 0 Å². The van der Waals surface area contributed by atoms with Crippen molar-refractivity contribution in [3.63, 3.8) is 0 Å². The predicted molar refractivity (Wildman–Crippen MR) is 105 cm³/mol. The van der Waals surface area contributed by atoms with Crippen LogP contribution in [0.15, 0.2) is 53.4 Å². The topological polar surface area (TPSA) is 26.8 Å². The molecule has 4 rings (SSSR count). The van der Waals surface area contributed by atoms with Crippen molar-refractivity contribution in [1.29, 1.82) is 0 Å². The van der Waals surface area contributed by atoms with E-state index in [1.54, 1.807) is 12.1 Å². The van der Waals surface area contributed by atoms with Crippen molar-refractivity contribution in [1.82, 2.24) is 4.90 Å². The zero-order valence-corrected chi connectivity index (χ0v) is 15.4. The van der Waals surface area contributed by atoms with E-state index in [1.807, 2.05) is 39.8 Å². The van der Waals surface area contributed by atoms with Gasteiger partial charge in [0, 0.05) is 43.4 Å². The number of carbonyl (C=O) groups is 1. The van der Waals surface area contributed by atoms with Crippen LogP contribution in [-0.2, 0) is 4.79 Å². The Bertz CT molecular complexity index is 792. The van der Waals surface area contributed by atoms with E-state index < -0.39 is 0 Å². The van der Waals surface area contributed by atoms with Crippen LogP contribution in [0.5, 0.6) is 0 Å². The summed E-state index contributed by atoms with van der Waals surface area (Å²) in [7, 11) is 0. The molecule has 0 spiro atoms. The standard InChI is InChI=1S/C20H22FN3OS/c21-16-5-1-2-6-17(16)22-9-11-23(12-10-22)20(25)15-24-13-14-26-19-8-4-3-7-18(19)24/h1-8H,9-15H2. The van der Waals surface area contributed by atoms with Gasteiger partial charge in [-0.1, -0.05) is 24.3 Å². The third-order valence-electron chi connectivity index (χ3n) is 4.98. The summed E-state index contributed by atoms with van der Waals surface area (Å²) in [6, 6.07) is 15.1. The minimum absolute atomic E-state index is 0.153. The lowest BCUT2D eigenvalue weighted by molar-refractivity contribution is -0.130. The van der Waals surface area contributed by atoms with Crippen LogP contribution >= 0.6 is 11.8 Å². The zero-order chi connectivity index (χ0) is 17.9. The van der Waals surface area contributed by atoms with Gasteiger partial charge in [0.2, 0.25) is 5.91 Å². The molecular formula is C20H22FN3OS. The number of benzene rings is 2. The smallest absolute Gasteiger partial charge is 0.242 e. The number of para-hydroxylation sites is 2. The highest BCUT2D eigenvalue weighted by molar-refractivity contribution is 7.99. The van der Waals surface area contributed by atoms with E-state index in [-0.39, 0.29) is 11.7 Å². The summed E-state index contributed by atoms with van der Waals surface area (Å²) in [6.45, 7) is 3.91. The third-order valence-corrected chi connectivity index (χ3v) is 6.02. The number of amides is 1. The Hall–Kier alpha value is -2.21. The Morgan fingerprint density at radius 1 is 0.923 bits per heavy atom. The number of thioether (sulfide) groups is 1. The molecule has 0 bridgehead atoms. The van der Waals surface area contributed by atoms with Gasteiger partial charge in [-0.25, -0.2) is 4.39 Å². The molecule has 0 saturated carbocycles. The average molecular weight is 371 g/mol. The zero-order valence-electron chi connectivity index (χ0n) is 14.6. The first-order chi connectivity index (χ1) is 12.7. The van der Waals surface area contributed by atoms with Crippen molar-refractivity contribution < 1.29 is 9.18 Å². The molecule has 1 amide bonds. The summed E-state index contributed by atoms with van der Waals surface area (Å²) in [5.41, 5.74) is 1.78. The van der Waals surface area contributed by atoms with Crippen molar-refractivity contribution in [3.8, 4) is 0 Å². The first-order valence-electron chi connectivity index (χ1n) is 8.96. The van der Waals surface area contributed by atoms with Gasteiger partial charge in [-0.2, -0.15) is 0 Å². The minimum atomic E-state index is -0.199. The van der Waals surface area contributed by atoms with Gasteiger partial charge in [0.05, 0.1) is 17.9 Å². The molecule has 6 heteroatoms. The SMILES string of the molecule is O=C(CN1CCSc2ccccc21)N1CCN(c2ccccc2F)CC1. The van der Waals surface area contributed by atoms with Gasteiger partial charge < -0.3 is 14.7 Å². The Morgan fingerprint density at radius 3 is 2.38 bits per heavy atom. The lowest BCUT2D eigenvalue weighted by atomic mass is 10.2. The molecule has 1 fully saturated rings. The summed E-state index contributed by atoms with van der Waals surface area (Å²) >= 11 is 1.85. The molecule has 1 saturated heterocycles. The van der Waals surface area contributed by atoms with Gasteiger partial charge >= 0.3 is 0 Å². The quantitative estimate of drug-likeness (QED) is 0.829. The second kappa shape index (κ2) is 7.58. The van der Waals surface area contributed by atoms with Crippen LogP contribution < -0.4 is 9.80 Å². The molecule has 0 radical (unpaired) electrons. The molecule has 0 aliphatic carbocycles. The van der Waals surface area contributed by atoms with Gasteiger partial charge in [0.15, 0.2) is 0 Å². The van der Waals surface area contributed by atoms with E-state index in [0.29, 0.717) is 38.4 Å². The van der Waals surface area contributed by atoms with Crippen molar-refractivity contribution >= 4 is 29.0 Å². The van der Waals surface area contributed by atoms with E-state index >= 15 is 0 Å². The van der Waals surface area contributed by atoms with E-state index in [4.69, 9.17) is 0 Å². The maximum atomic E-state index is 13.9. The molecule has 26 heavy (non-hydrogen) atoms. The lowest BCUT2D eigenvalue weighted by Gasteiger charge is -2.38. The fourth-order valence-corrected chi connectivity index (χ4v) is 4.61. The van der Waals surface area contributed by atoms with E-state index in [0.717, 1.165) is 18.0 Å². The summed E-state index contributed by atoms with van der Waals surface area (Å²) in [5, 5.41) is 0. The molecule has 4 nitrogen and oxygen atoms in total. The first kappa shape index (κ1) is 17.2. The van der Waals surface area contributed by atoms with Crippen LogP contribution in [0.2, 0.25) is 0 Å². The largest absolute Gasteiger partial charge is 0.366 e. The number of rotatable bonds is 3. The summed E-state index contributed by atoms with van der Waals surface area (Å²) < 4.78 is 13.9. The van der Waals surface area contributed by atoms with Crippen LogP contribution in [0.3, 0.4) is 0 Å². The molecular weight excluding hydrogens is 349 g/mol. The Morgan fingerprint density at radius 2 is 1.62 bits per heavy atom. The third kappa shape index (κ3) is 3.51. The number of piperazine rings is 1. The molecule has 0 unspecified atom stereocenters. The molecule has 0 aromatic heterocycles. The van der Waals surface area contributed by atoms with Crippen molar-refractivity contribution in [3.05, 3.63) is 54.3 Å². The lowest BCUT2D eigenvalue weighted by Crippen LogP contribution is -2.52.